The first-order valence-electron chi connectivity index (χ1n) is 5.65. The molecule has 2 aromatic heterocycles. The van der Waals surface area contributed by atoms with Crippen LogP contribution in [0.5, 0.6) is 0 Å². The number of rotatable bonds is 3. The second-order valence-corrected chi connectivity index (χ2v) is 5.81. The molecule has 0 radical (unpaired) electrons. The summed E-state index contributed by atoms with van der Waals surface area (Å²) in [5, 5.41) is 12.6. The van der Waals surface area contributed by atoms with E-state index < -0.39 is 0 Å². The number of carbonyl (C=O) groups excluding carboxylic acids is 1. The number of anilines is 1. The Morgan fingerprint density at radius 3 is 2.89 bits per heavy atom. The van der Waals surface area contributed by atoms with Crippen molar-refractivity contribution in [3.05, 3.63) is 38.6 Å². The van der Waals surface area contributed by atoms with Crippen LogP contribution in [-0.2, 0) is 6.42 Å². The van der Waals surface area contributed by atoms with E-state index in [1.165, 1.54) is 17.6 Å². The van der Waals surface area contributed by atoms with Gasteiger partial charge in [0.1, 0.15) is 11.1 Å². The van der Waals surface area contributed by atoms with Crippen LogP contribution < -0.4 is 5.32 Å². The minimum Gasteiger partial charge on any atom is -0.457 e. The Kier molecular flexibility index (Phi) is 4.08. The zero-order valence-electron chi connectivity index (χ0n) is 10.4. The van der Waals surface area contributed by atoms with Crippen molar-refractivity contribution in [1.82, 2.24) is 0 Å². The highest BCUT2D eigenvalue weighted by molar-refractivity contribution is 9.10. The van der Waals surface area contributed by atoms with E-state index in [0.717, 1.165) is 16.9 Å². The lowest BCUT2D eigenvalue weighted by Gasteiger charge is -2.01. The first kappa shape index (κ1) is 13.8. The largest absolute Gasteiger partial charge is 0.457 e. The summed E-state index contributed by atoms with van der Waals surface area (Å²) in [5.41, 5.74) is 1.96. The summed E-state index contributed by atoms with van der Waals surface area (Å²) in [5.74, 6) is -0.291. The summed E-state index contributed by atoms with van der Waals surface area (Å²) in [6.45, 7) is 3.95. The van der Waals surface area contributed by atoms with Gasteiger partial charge in [-0.1, -0.05) is 6.92 Å². The fourth-order valence-electron chi connectivity index (χ4n) is 1.84. The highest BCUT2D eigenvalue weighted by atomic mass is 79.9. The summed E-state index contributed by atoms with van der Waals surface area (Å²) < 4.78 is 5.41. The van der Waals surface area contributed by atoms with Gasteiger partial charge in [-0.05, 0) is 40.9 Å². The molecule has 0 aromatic carbocycles. The number of halogens is 1. The van der Waals surface area contributed by atoms with E-state index in [4.69, 9.17) is 4.42 Å². The quantitative estimate of drug-likeness (QED) is 0.916. The summed E-state index contributed by atoms with van der Waals surface area (Å²) in [4.78, 5) is 13.1. The number of carbonyl (C=O) groups is 1. The Bertz CT molecular complexity index is 667. The number of hydrogen-bond acceptors (Lipinski definition) is 4. The Morgan fingerprint density at radius 1 is 1.63 bits per heavy atom. The average Bonchev–Trinajstić information content (AvgIpc) is 2.92. The van der Waals surface area contributed by atoms with Gasteiger partial charge in [0, 0.05) is 4.88 Å². The van der Waals surface area contributed by atoms with Gasteiger partial charge in [-0.3, -0.25) is 4.79 Å². The number of thiophene rings is 1. The molecule has 0 aliphatic heterocycles. The van der Waals surface area contributed by atoms with Crippen molar-refractivity contribution < 1.29 is 9.21 Å². The van der Waals surface area contributed by atoms with Crippen molar-refractivity contribution in [2.24, 2.45) is 0 Å². The Hall–Kier alpha value is -1.58. The van der Waals surface area contributed by atoms with Gasteiger partial charge in [0.15, 0.2) is 4.67 Å². The average molecular weight is 339 g/mol. The van der Waals surface area contributed by atoms with E-state index in [9.17, 15) is 10.1 Å². The zero-order valence-corrected chi connectivity index (χ0v) is 12.8. The van der Waals surface area contributed by atoms with Crippen LogP contribution in [0, 0.1) is 18.3 Å². The molecule has 2 aromatic rings. The van der Waals surface area contributed by atoms with Gasteiger partial charge in [-0.15, -0.1) is 11.3 Å². The van der Waals surface area contributed by atoms with Gasteiger partial charge in [-0.25, -0.2) is 0 Å². The number of hydrogen-bond donors (Lipinski definition) is 1. The maximum Gasteiger partial charge on any atom is 0.260 e. The van der Waals surface area contributed by atoms with Crippen LogP contribution in [0.4, 0.5) is 5.00 Å². The van der Waals surface area contributed by atoms with Crippen LogP contribution in [0.25, 0.3) is 0 Å². The SMILES string of the molecule is CCc1c(C)sc(NC(=O)c2ccoc2Br)c1C#N. The molecule has 98 valence electrons. The number of nitrogens with one attached hydrogen (secondary N) is 1. The van der Waals surface area contributed by atoms with Crippen molar-refractivity contribution in [3.63, 3.8) is 0 Å². The second kappa shape index (κ2) is 5.59. The number of furan rings is 1. The molecule has 0 aliphatic rings. The molecule has 4 nitrogen and oxygen atoms in total. The number of nitriles is 1. The normalized spacial score (nSPS) is 10.2. The molecule has 1 amide bonds. The smallest absolute Gasteiger partial charge is 0.260 e. The highest BCUT2D eigenvalue weighted by Crippen LogP contribution is 2.33. The molecule has 19 heavy (non-hydrogen) atoms. The molecule has 2 rings (SSSR count). The van der Waals surface area contributed by atoms with Crippen molar-refractivity contribution in [1.29, 1.82) is 5.26 Å². The fraction of sp³-hybridized carbons (Fsp3) is 0.231. The van der Waals surface area contributed by atoms with Crippen LogP contribution in [0.3, 0.4) is 0 Å². The molecule has 0 aliphatic carbocycles. The number of amides is 1. The Balaban J connectivity index is 2.33. The number of aryl methyl sites for hydroxylation is 1. The fourth-order valence-corrected chi connectivity index (χ4v) is 3.35. The van der Waals surface area contributed by atoms with Gasteiger partial charge in [0.05, 0.1) is 17.4 Å². The van der Waals surface area contributed by atoms with Crippen molar-refractivity contribution in [3.8, 4) is 6.07 Å². The zero-order chi connectivity index (χ0) is 14.0. The van der Waals surface area contributed by atoms with Crippen LogP contribution >= 0.6 is 27.3 Å². The standard InChI is InChI=1S/C13H11BrN2O2S/c1-3-8-7(2)19-13(10(8)6-15)16-12(17)9-4-5-18-11(9)14/h4-5H,3H2,1-2H3,(H,16,17). The van der Waals surface area contributed by atoms with E-state index in [2.05, 4.69) is 27.3 Å². The minimum absolute atomic E-state index is 0.291. The molecule has 0 saturated heterocycles. The highest BCUT2D eigenvalue weighted by Gasteiger charge is 2.19. The van der Waals surface area contributed by atoms with Gasteiger partial charge in [0.2, 0.25) is 0 Å². The summed E-state index contributed by atoms with van der Waals surface area (Å²) in [7, 11) is 0. The molecule has 0 atom stereocenters. The summed E-state index contributed by atoms with van der Waals surface area (Å²) >= 11 is 4.58. The van der Waals surface area contributed by atoms with Crippen LogP contribution in [0.15, 0.2) is 21.4 Å². The third-order valence-corrected chi connectivity index (χ3v) is 4.44. The van der Waals surface area contributed by atoms with Crippen LogP contribution in [0.2, 0.25) is 0 Å². The van der Waals surface area contributed by atoms with Crippen LogP contribution in [-0.4, -0.2) is 5.91 Å². The summed E-state index contributed by atoms with van der Waals surface area (Å²) in [6, 6.07) is 3.74. The lowest BCUT2D eigenvalue weighted by atomic mass is 10.1. The monoisotopic (exact) mass is 338 g/mol. The van der Waals surface area contributed by atoms with Gasteiger partial charge < -0.3 is 9.73 Å². The molecule has 2 heterocycles. The molecule has 1 N–H and O–H groups in total. The Morgan fingerprint density at radius 2 is 2.37 bits per heavy atom. The third-order valence-electron chi connectivity index (χ3n) is 2.76. The van der Waals surface area contributed by atoms with Crippen molar-refractivity contribution in [2.75, 3.05) is 5.32 Å². The van der Waals surface area contributed by atoms with E-state index in [-0.39, 0.29) is 5.91 Å². The first-order valence-corrected chi connectivity index (χ1v) is 7.26. The van der Waals surface area contributed by atoms with E-state index in [0.29, 0.717) is 20.8 Å². The van der Waals surface area contributed by atoms with Crippen molar-refractivity contribution in [2.45, 2.75) is 20.3 Å². The predicted molar refractivity (Wildman–Crippen MR) is 77.5 cm³/mol. The van der Waals surface area contributed by atoms with Gasteiger partial charge >= 0.3 is 0 Å². The summed E-state index contributed by atoms with van der Waals surface area (Å²) in [6.07, 6.45) is 2.21. The Labute approximate surface area is 123 Å². The van der Waals surface area contributed by atoms with Gasteiger partial charge in [-0.2, -0.15) is 5.26 Å². The topological polar surface area (TPSA) is 66.0 Å². The molecule has 0 saturated carbocycles. The lowest BCUT2D eigenvalue weighted by Crippen LogP contribution is -2.11. The molecular weight excluding hydrogens is 328 g/mol. The lowest BCUT2D eigenvalue weighted by molar-refractivity contribution is 0.102. The van der Waals surface area contributed by atoms with Gasteiger partial charge in [0.25, 0.3) is 5.91 Å². The molecule has 0 spiro atoms. The predicted octanol–water partition coefficient (Wildman–Crippen LogP) is 4.10. The van der Waals surface area contributed by atoms with E-state index in [1.807, 2.05) is 13.8 Å². The first-order chi connectivity index (χ1) is 9.08. The molecule has 0 fully saturated rings. The minimum atomic E-state index is -0.291. The molecule has 6 heteroatoms. The van der Waals surface area contributed by atoms with E-state index in [1.54, 1.807) is 6.07 Å². The second-order valence-electron chi connectivity index (χ2n) is 3.87. The molecule has 0 bridgehead atoms. The third kappa shape index (κ3) is 2.57. The van der Waals surface area contributed by atoms with Crippen molar-refractivity contribution >= 4 is 38.2 Å². The van der Waals surface area contributed by atoms with E-state index >= 15 is 0 Å². The molecule has 0 unspecified atom stereocenters. The molecular formula is C13H11BrN2O2S. The maximum atomic E-state index is 12.1. The maximum absolute atomic E-state index is 12.1. The number of nitrogens with zero attached hydrogens (tertiary/aromatic N) is 1. The van der Waals surface area contributed by atoms with Crippen LogP contribution in [0.1, 0.15) is 33.3 Å².